The Morgan fingerprint density at radius 3 is 2.42 bits per heavy atom. The van der Waals surface area contributed by atoms with E-state index in [9.17, 15) is 0 Å². The molecule has 1 N–H and O–H groups in total. The summed E-state index contributed by atoms with van der Waals surface area (Å²) in [6, 6.07) is 7.26. The molecule has 0 aromatic heterocycles. The quantitative estimate of drug-likeness (QED) is 0.682. The van der Waals surface area contributed by atoms with E-state index < -0.39 is 0 Å². The molecular weight excluding hydrogens is 152 g/mol. The third-order valence-corrected chi connectivity index (χ3v) is 1.56. The number of benzene rings is 1. The van der Waals surface area contributed by atoms with Crippen LogP contribution in [0.25, 0.3) is 5.70 Å². The summed E-state index contributed by atoms with van der Waals surface area (Å²) < 4.78 is 4.98. The van der Waals surface area contributed by atoms with Crippen molar-refractivity contribution in [1.29, 1.82) is 5.53 Å². The van der Waals surface area contributed by atoms with Gasteiger partial charge in [-0.05, 0) is 24.3 Å². The molecule has 0 aliphatic heterocycles. The monoisotopic (exact) mass is 162 g/mol. The molecule has 0 saturated heterocycles. The zero-order valence-electron chi connectivity index (χ0n) is 6.87. The molecule has 62 valence electrons. The Labute approximate surface area is 71.2 Å². The highest BCUT2D eigenvalue weighted by Crippen LogP contribution is 2.17. The second kappa shape index (κ2) is 3.67. The Hall–Kier alpha value is -1.64. The Balaban J connectivity index is 2.91. The second-order valence-corrected chi connectivity index (χ2v) is 2.29. The molecule has 0 amide bonds. The Morgan fingerprint density at radius 1 is 1.42 bits per heavy atom. The Morgan fingerprint density at radius 2 is 2.00 bits per heavy atom. The second-order valence-electron chi connectivity index (χ2n) is 2.29. The van der Waals surface area contributed by atoms with Crippen LogP contribution in [0.1, 0.15) is 5.56 Å². The molecular formula is C9H10N2O. The summed E-state index contributed by atoms with van der Waals surface area (Å²) in [5.74, 6) is 0.788. The van der Waals surface area contributed by atoms with Gasteiger partial charge in [0, 0.05) is 5.56 Å². The summed E-state index contributed by atoms with van der Waals surface area (Å²) in [4.78, 5) is 0. The molecule has 0 fully saturated rings. The predicted molar refractivity (Wildman–Crippen MR) is 47.2 cm³/mol. The first-order valence-corrected chi connectivity index (χ1v) is 3.48. The smallest absolute Gasteiger partial charge is 0.118 e. The summed E-state index contributed by atoms with van der Waals surface area (Å²) >= 11 is 0. The van der Waals surface area contributed by atoms with Gasteiger partial charge in [-0.2, -0.15) is 5.11 Å². The molecule has 0 saturated carbocycles. The first-order valence-electron chi connectivity index (χ1n) is 3.48. The van der Waals surface area contributed by atoms with E-state index in [2.05, 4.69) is 11.7 Å². The first-order chi connectivity index (χ1) is 5.77. The standard InChI is InChI=1S/C9H10N2O/c1-7(11-10)8-3-5-9(12-2)6-4-8/h3-6,10H,1H2,2H3. The van der Waals surface area contributed by atoms with Gasteiger partial charge in [0.2, 0.25) is 0 Å². The predicted octanol–water partition coefficient (Wildman–Crippen LogP) is 2.70. The summed E-state index contributed by atoms with van der Waals surface area (Å²) in [6.07, 6.45) is 0. The summed E-state index contributed by atoms with van der Waals surface area (Å²) in [6.45, 7) is 3.60. The van der Waals surface area contributed by atoms with Gasteiger partial charge in [0.15, 0.2) is 0 Å². The van der Waals surface area contributed by atoms with Crippen LogP contribution in [0.5, 0.6) is 5.75 Å². The minimum atomic E-state index is 0.456. The van der Waals surface area contributed by atoms with Crippen LogP contribution in [-0.4, -0.2) is 7.11 Å². The average Bonchev–Trinajstić information content (AvgIpc) is 2.17. The highest BCUT2D eigenvalue weighted by Gasteiger charge is 1.96. The van der Waals surface area contributed by atoms with E-state index in [1.54, 1.807) is 7.11 Å². The number of hydrogen-bond donors (Lipinski definition) is 1. The highest BCUT2D eigenvalue weighted by atomic mass is 16.5. The highest BCUT2D eigenvalue weighted by molar-refractivity contribution is 5.61. The summed E-state index contributed by atoms with van der Waals surface area (Å²) in [7, 11) is 1.61. The van der Waals surface area contributed by atoms with Crippen LogP contribution in [0, 0.1) is 5.53 Å². The number of ether oxygens (including phenoxy) is 1. The van der Waals surface area contributed by atoms with Crippen LogP contribution in [0.15, 0.2) is 36.0 Å². The molecule has 3 heteroatoms. The zero-order valence-corrected chi connectivity index (χ0v) is 6.87. The zero-order chi connectivity index (χ0) is 8.97. The third kappa shape index (κ3) is 1.69. The molecule has 1 rings (SSSR count). The molecule has 1 aromatic carbocycles. The lowest BCUT2D eigenvalue weighted by atomic mass is 10.2. The topological polar surface area (TPSA) is 45.4 Å². The molecule has 0 spiro atoms. The maximum atomic E-state index is 6.74. The normalized spacial score (nSPS) is 9.08. The number of nitrogens with zero attached hydrogens (tertiary/aromatic N) is 1. The molecule has 0 aliphatic rings. The molecule has 0 radical (unpaired) electrons. The maximum absolute atomic E-state index is 6.74. The van der Waals surface area contributed by atoms with Crippen molar-refractivity contribution >= 4 is 5.70 Å². The van der Waals surface area contributed by atoms with Gasteiger partial charge in [0.25, 0.3) is 0 Å². The molecule has 0 atom stereocenters. The molecule has 0 unspecified atom stereocenters. The Kier molecular flexibility index (Phi) is 2.58. The lowest BCUT2D eigenvalue weighted by Crippen LogP contribution is -1.83. The van der Waals surface area contributed by atoms with Crippen molar-refractivity contribution in [2.24, 2.45) is 5.11 Å². The van der Waals surface area contributed by atoms with Crippen molar-refractivity contribution in [2.45, 2.75) is 0 Å². The van der Waals surface area contributed by atoms with Crippen LogP contribution in [0.3, 0.4) is 0 Å². The van der Waals surface area contributed by atoms with Gasteiger partial charge >= 0.3 is 0 Å². The van der Waals surface area contributed by atoms with E-state index >= 15 is 0 Å². The molecule has 1 aromatic rings. The van der Waals surface area contributed by atoms with E-state index in [1.807, 2.05) is 24.3 Å². The first kappa shape index (κ1) is 8.46. The maximum Gasteiger partial charge on any atom is 0.118 e. The number of hydrogen-bond acceptors (Lipinski definition) is 3. The van der Waals surface area contributed by atoms with Gasteiger partial charge in [-0.25, -0.2) is 5.53 Å². The van der Waals surface area contributed by atoms with Crippen LogP contribution in [0.4, 0.5) is 0 Å². The number of rotatable bonds is 3. The molecule has 0 bridgehead atoms. The van der Waals surface area contributed by atoms with Gasteiger partial charge in [0.05, 0.1) is 12.8 Å². The van der Waals surface area contributed by atoms with Crippen LogP contribution in [0.2, 0.25) is 0 Å². The van der Waals surface area contributed by atoms with Crippen molar-refractivity contribution in [3.05, 3.63) is 36.4 Å². The summed E-state index contributed by atoms with van der Waals surface area (Å²) in [5.41, 5.74) is 8.03. The van der Waals surface area contributed by atoms with Gasteiger partial charge in [-0.15, -0.1) is 0 Å². The van der Waals surface area contributed by atoms with Crippen LogP contribution >= 0.6 is 0 Å². The van der Waals surface area contributed by atoms with Crippen molar-refractivity contribution < 1.29 is 4.74 Å². The number of nitrogens with one attached hydrogen (secondary N) is 1. The summed E-state index contributed by atoms with van der Waals surface area (Å²) in [5, 5.41) is 3.23. The number of methoxy groups -OCH3 is 1. The minimum Gasteiger partial charge on any atom is -0.497 e. The van der Waals surface area contributed by atoms with Crippen molar-refractivity contribution in [3.63, 3.8) is 0 Å². The molecule has 0 heterocycles. The molecule has 3 nitrogen and oxygen atoms in total. The lowest BCUT2D eigenvalue weighted by Gasteiger charge is -2.00. The Bertz CT molecular complexity index is 290. The fourth-order valence-corrected chi connectivity index (χ4v) is 0.848. The van der Waals surface area contributed by atoms with E-state index in [-0.39, 0.29) is 0 Å². The largest absolute Gasteiger partial charge is 0.497 e. The van der Waals surface area contributed by atoms with Gasteiger partial charge in [0.1, 0.15) is 5.75 Å². The van der Waals surface area contributed by atoms with E-state index in [0.717, 1.165) is 11.3 Å². The van der Waals surface area contributed by atoms with Gasteiger partial charge < -0.3 is 4.74 Å². The van der Waals surface area contributed by atoms with Crippen molar-refractivity contribution in [1.82, 2.24) is 0 Å². The van der Waals surface area contributed by atoms with Crippen LogP contribution < -0.4 is 4.74 Å². The SMILES string of the molecule is C=C(N=N)c1ccc(OC)cc1. The van der Waals surface area contributed by atoms with Crippen molar-refractivity contribution in [2.75, 3.05) is 7.11 Å². The van der Waals surface area contributed by atoms with Gasteiger partial charge in [-0.1, -0.05) is 6.58 Å². The fourth-order valence-electron chi connectivity index (χ4n) is 0.848. The van der Waals surface area contributed by atoms with Crippen LogP contribution in [-0.2, 0) is 0 Å². The van der Waals surface area contributed by atoms with Crippen molar-refractivity contribution in [3.8, 4) is 5.75 Å². The van der Waals surface area contributed by atoms with Gasteiger partial charge in [-0.3, -0.25) is 0 Å². The lowest BCUT2D eigenvalue weighted by molar-refractivity contribution is 0.415. The average molecular weight is 162 g/mol. The third-order valence-electron chi connectivity index (χ3n) is 1.56. The molecule has 12 heavy (non-hydrogen) atoms. The fraction of sp³-hybridized carbons (Fsp3) is 0.111. The van der Waals surface area contributed by atoms with E-state index in [4.69, 9.17) is 10.3 Å². The van der Waals surface area contributed by atoms with E-state index in [0.29, 0.717) is 5.70 Å². The minimum absolute atomic E-state index is 0.456. The van der Waals surface area contributed by atoms with E-state index in [1.165, 1.54) is 0 Å². The molecule has 0 aliphatic carbocycles.